The largest absolute Gasteiger partial charge is 0.494 e. The molecule has 0 amide bonds. The molecule has 0 aliphatic carbocycles. The third-order valence-electron chi connectivity index (χ3n) is 4.09. The summed E-state index contributed by atoms with van der Waals surface area (Å²) in [6, 6.07) is 6.05. The van der Waals surface area contributed by atoms with Crippen LogP contribution in [0.3, 0.4) is 0 Å². The average molecular weight is 291 g/mol. The van der Waals surface area contributed by atoms with Gasteiger partial charge in [-0.25, -0.2) is 4.98 Å². The molecule has 1 fully saturated rings. The maximum Gasteiger partial charge on any atom is 0.494 e. The number of aromatic nitrogens is 1. The highest BCUT2D eigenvalue weighted by molar-refractivity contribution is 7.20. The summed E-state index contributed by atoms with van der Waals surface area (Å²) < 4.78 is 18.4. The molecule has 0 unspecified atom stereocenters. The van der Waals surface area contributed by atoms with Crippen molar-refractivity contribution in [2.75, 3.05) is 7.11 Å². The van der Waals surface area contributed by atoms with E-state index in [2.05, 4.69) is 38.7 Å². The van der Waals surface area contributed by atoms with Crippen LogP contribution in [0.1, 0.15) is 27.7 Å². The van der Waals surface area contributed by atoms with Crippen molar-refractivity contribution in [3.63, 3.8) is 0 Å². The van der Waals surface area contributed by atoms with Crippen LogP contribution < -0.4 is 10.2 Å². The molecule has 1 aromatic carbocycles. The fourth-order valence-corrected chi connectivity index (χ4v) is 2.96. The van der Waals surface area contributed by atoms with Crippen LogP contribution in [0.15, 0.2) is 18.2 Å². The first kappa shape index (κ1) is 13.9. The third kappa shape index (κ3) is 2.12. The summed E-state index contributed by atoms with van der Waals surface area (Å²) >= 11 is 1.53. The lowest BCUT2D eigenvalue weighted by atomic mass is 9.79. The predicted molar refractivity (Wildman–Crippen MR) is 81.9 cm³/mol. The minimum absolute atomic E-state index is 0.321. The molecule has 3 rings (SSSR count). The highest BCUT2D eigenvalue weighted by Gasteiger charge is 2.51. The van der Waals surface area contributed by atoms with E-state index in [0.717, 1.165) is 15.7 Å². The second-order valence-corrected chi connectivity index (χ2v) is 6.99. The Hall–Kier alpha value is -1.11. The molecule has 1 saturated heterocycles. The van der Waals surface area contributed by atoms with Gasteiger partial charge in [0.05, 0.1) is 28.5 Å². The van der Waals surface area contributed by atoms with Gasteiger partial charge in [0.2, 0.25) is 0 Å². The monoisotopic (exact) mass is 291 g/mol. The fraction of sp³-hybridized carbons (Fsp3) is 0.500. The van der Waals surface area contributed by atoms with E-state index in [9.17, 15) is 0 Å². The van der Waals surface area contributed by atoms with Gasteiger partial charge >= 0.3 is 7.12 Å². The zero-order chi connectivity index (χ0) is 14.5. The van der Waals surface area contributed by atoms with Gasteiger partial charge in [0.1, 0.15) is 0 Å². The van der Waals surface area contributed by atoms with Crippen molar-refractivity contribution >= 4 is 34.1 Å². The zero-order valence-corrected chi connectivity index (χ0v) is 13.2. The highest BCUT2D eigenvalue weighted by atomic mass is 32.1. The number of benzene rings is 1. The van der Waals surface area contributed by atoms with Crippen molar-refractivity contribution < 1.29 is 14.0 Å². The molecule has 0 saturated carbocycles. The van der Waals surface area contributed by atoms with E-state index in [-0.39, 0.29) is 18.3 Å². The molecule has 6 heteroatoms. The Morgan fingerprint density at radius 1 is 1.15 bits per heavy atom. The Bertz CT molecular complexity index is 637. The standard InChI is InChI=1S/C14H18BNO3S/c1-13(2)14(3,4)19-15(18-13)9-6-7-10-11(8-9)20-12(16-10)17-5/h6-8H,1-5H3. The van der Waals surface area contributed by atoms with Gasteiger partial charge in [-0.3, -0.25) is 0 Å². The minimum atomic E-state index is -0.336. The van der Waals surface area contributed by atoms with E-state index < -0.39 is 0 Å². The molecule has 1 aromatic heterocycles. The Labute approximate surface area is 123 Å². The fourth-order valence-electron chi connectivity index (χ4n) is 2.13. The van der Waals surface area contributed by atoms with Gasteiger partial charge in [0, 0.05) is 0 Å². The Kier molecular flexibility index (Phi) is 3.08. The van der Waals surface area contributed by atoms with Crippen LogP contribution in [-0.4, -0.2) is 30.4 Å². The highest BCUT2D eigenvalue weighted by Crippen LogP contribution is 2.37. The Morgan fingerprint density at radius 2 is 1.80 bits per heavy atom. The van der Waals surface area contributed by atoms with Crippen LogP contribution in [0.2, 0.25) is 0 Å². The lowest BCUT2D eigenvalue weighted by molar-refractivity contribution is 0.00578. The molecular formula is C14H18BNO3S. The van der Waals surface area contributed by atoms with Crippen LogP contribution in [0.25, 0.3) is 10.2 Å². The van der Waals surface area contributed by atoms with Crippen LogP contribution in [0, 0.1) is 0 Å². The first-order chi connectivity index (χ1) is 9.32. The number of thiazole rings is 1. The number of hydrogen-bond donors (Lipinski definition) is 0. The number of rotatable bonds is 2. The number of nitrogens with zero attached hydrogens (tertiary/aromatic N) is 1. The zero-order valence-electron chi connectivity index (χ0n) is 12.4. The summed E-state index contributed by atoms with van der Waals surface area (Å²) in [4.78, 5) is 4.37. The van der Waals surface area contributed by atoms with Crippen molar-refractivity contribution in [2.45, 2.75) is 38.9 Å². The van der Waals surface area contributed by atoms with Crippen molar-refractivity contribution in [3.8, 4) is 5.19 Å². The number of hydrogen-bond acceptors (Lipinski definition) is 5. The number of ether oxygens (including phenoxy) is 1. The molecule has 20 heavy (non-hydrogen) atoms. The van der Waals surface area contributed by atoms with Crippen LogP contribution in [-0.2, 0) is 9.31 Å². The predicted octanol–water partition coefficient (Wildman–Crippen LogP) is 2.60. The third-order valence-corrected chi connectivity index (χ3v) is 5.07. The SMILES string of the molecule is COc1nc2ccc(B3OC(C)(C)C(C)(C)O3)cc2s1. The average Bonchev–Trinajstić information content (AvgIpc) is 2.87. The first-order valence-corrected chi connectivity index (χ1v) is 7.44. The second kappa shape index (κ2) is 4.45. The van der Waals surface area contributed by atoms with Crippen molar-refractivity contribution in [1.29, 1.82) is 0 Å². The lowest BCUT2D eigenvalue weighted by Crippen LogP contribution is -2.41. The molecule has 1 aliphatic heterocycles. The normalized spacial score (nSPS) is 20.6. The van der Waals surface area contributed by atoms with E-state index in [0.29, 0.717) is 5.19 Å². The molecule has 2 heterocycles. The maximum atomic E-state index is 6.06. The van der Waals surface area contributed by atoms with Crippen molar-refractivity contribution in [2.24, 2.45) is 0 Å². The van der Waals surface area contributed by atoms with E-state index in [1.807, 2.05) is 12.1 Å². The molecule has 4 nitrogen and oxygen atoms in total. The molecule has 0 spiro atoms. The van der Waals surface area contributed by atoms with Crippen molar-refractivity contribution in [3.05, 3.63) is 18.2 Å². The smallest absolute Gasteiger partial charge is 0.473 e. The molecule has 2 aromatic rings. The van der Waals surface area contributed by atoms with Crippen LogP contribution in [0.5, 0.6) is 5.19 Å². The maximum absolute atomic E-state index is 6.06. The molecule has 0 N–H and O–H groups in total. The topological polar surface area (TPSA) is 40.6 Å². The summed E-state index contributed by atoms with van der Waals surface area (Å²) in [5.41, 5.74) is 1.31. The molecule has 1 aliphatic rings. The van der Waals surface area contributed by atoms with E-state index in [4.69, 9.17) is 14.0 Å². The second-order valence-electron chi connectivity index (χ2n) is 6.00. The van der Waals surface area contributed by atoms with Gasteiger partial charge in [-0.1, -0.05) is 17.4 Å². The lowest BCUT2D eigenvalue weighted by Gasteiger charge is -2.32. The molecule has 0 radical (unpaired) electrons. The summed E-state index contributed by atoms with van der Waals surface area (Å²) in [6.07, 6.45) is 0. The van der Waals surface area contributed by atoms with Gasteiger partial charge in [-0.15, -0.1) is 0 Å². The molecular weight excluding hydrogens is 273 g/mol. The van der Waals surface area contributed by atoms with E-state index >= 15 is 0 Å². The van der Waals surface area contributed by atoms with Crippen molar-refractivity contribution in [1.82, 2.24) is 4.98 Å². The number of methoxy groups -OCH3 is 1. The summed E-state index contributed by atoms with van der Waals surface area (Å²) in [7, 11) is 1.30. The molecule has 0 bridgehead atoms. The summed E-state index contributed by atoms with van der Waals surface area (Å²) in [6.45, 7) is 8.23. The van der Waals surface area contributed by atoms with Crippen LogP contribution in [0.4, 0.5) is 0 Å². The van der Waals surface area contributed by atoms with Gasteiger partial charge in [0.25, 0.3) is 5.19 Å². The quantitative estimate of drug-likeness (QED) is 0.797. The summed E-state index contributed by atoms with van der Waals surface area (Å²) in [5, 5.41) is 0.672. The van der Waals surface area contributed by atoms with Crippen LogP contribution >= 0.6 is 11.3 Å². The van der Waals surface area contributed by atoms with E-state index in [1.165, 1.54) is 11.3 Å². The van der Waals surface area contributed by atoms with E-state index in [1.54, 1.807) is 7.11 Å². The minimum Gasteiger partial charge on any atom is -0.473 e. The van der Waals surface area contributed by atoms with Gasteiger partial charge in [-0.05, 0) is 45.3 Å². The van der Waals surface area contributed by atoms with Gasteiger partial charge in [-0.2, -0.15) is 0 Å². The Morgan fingerprint density at radius 3 is 2.40 bits per heavy atom. The number of fused-ring (bicyclic) bond motifs is 1. The molecule has 0 atom stereocenters. The Balaban J connectivity index is 1.95. The van der Waals surface area contributed by atoms with Gasteiger partial charge in [0.15, 0.2) is 0 Å². The summed E-state index contributed by atoms with van der Waals surface area (Å²) in [5.74, 6) is 0. The molecule has 106 valence electrons. The van der Waals surface area contributed by atoms with Gasteiger partial charge < -0.3 is 14.0 Å². The first-order valence-electron chi connectivity index (χ1n) is 6.62.